The molecule has 2 rings (SSSR count). The zero-order valence-electron chi connectivity index (χ0n) is 12.2. The topological polar surface area (TPSA) is 19.0 Å². The Morgan fingerprint density at radius 1 is 1.11 bits per heavy atom. The first kappa shape index (κ1) is 14.6. The maximum absolute atomic E-state index is 3.66. The van der Waals surface area contributed by atoms with Gasteiger partial charge in [0.05, 0.1) is 4.60 Å². The van der Waals surface area contributed by atoms with E-state index in [1.807, 2.05) is 0 Å². The molecule has 19 heavy (non-hydrogen) atoms. The Balaban J connectivity index is 2.19. The van der Waals surface area contributed by atoms with Crippen LogP contribution in [-0.2, 0) is 6.42 Å². The van der Waals surface area contributed by atoms with Crippen LogP contribution in [0.4, 0.5) is 0 Å². The van der Waals surface area contributed by atoms with Crippen molar-refractivity contribution in [2.24, 2.45) is 0 Å². The van der Waals surface area contributed by atoms with Gasteiger partial charge >= 0.3 is 0 Å². The number of aromatic amines is 1. The van der Waals surface area contributed by atoms with Crippen molar-refractivity contribution in [3.05, 3.63) is 34.4 Å². The normalized spacial score (nSPS) is 12.2. The van der Waals surface area contributed by atoms with E-state index >= 15 is 0 Å². The number of para-hydroxylation sites is 1. The van der Waals surface area contributed by atoms with Gasteiger partial charge in [0.15, 0.2) is 0 Å². The van der Waals surface area contributed by atoms with Crippen molar-refractivity contribution in [3.63, 3.8) is 0 Å². The lowest BCUT2D eigenvalue weighted by Crippen LogP contribution is -2.38. The van der Waals surface area contributed by atoms with Gasteiger partial charge < -0.3 is 4.98 Å². The average Bonchev–Trinajstić information content (AvgIpc) is 2.65. The highest BCUT2D eigenvalue weighted by molar-refractivity contribution is 9.10. The summed E-state index contributed by atoms with van der Waals surface area (Å²) in [5.41, 5.74) is 2.60. The quantitative estimate of drug-likeness (QED) is 0.852. The summed E-state index contributed by atoms with van der Waals surface area (Å²) < 4.78 is 1.13. The summed E-state index contributed by atoms with van der Waals surface area (Å²) in [6.45, 7) is 10.2. The predicted molar refractivity (Wildman–Crippen MR) is 86.7 cm³/mol. The third kappa shape index (κ3) is 3.21. The lowest BCUT2D eigenvalue weighted by molar-refractivity contribution is 0.177. The Kier molecular flexibility index (Phi) is 4.69. The van der Waals surface area contributed by atoms with Gasteiger partial charge in [0.1, 0.15) is 0 Å². The van der Waals surface area contributed by atoms with E-state index in [1.54, 1.807) is 0 Å². The molecule has 0 saturated heterocycles. The van der Waals surface area contributed by atoms with Crippen LogP contribution in [0.3, 0.4) is 0 Å². The second kappa shape index (κ2) is 6.10. The zero-order valence-corrected chi connectivity index (χ0v) is 13.8. The average molecular weight is 323 g/mol. The van der Waals surface area contributed by atoms with Crippen LogP contribution in [-0.4, -0.2) is 28.5 Å². The van der Waals surface area contributed by atoms with E-state index in [2.05, 4.69) is 77.8 Å². The summed E-state index contributed by atoms with van der Waals surface area (Å²) in [5, 5.41) is 1.34. The van der Waals surface area contributed by atoms with Crippen molar-refractivity contribution in [2.75, 3.05) is 6.54 Å². The molecular weight excluding hydrogens is 300 g/mol. The van der Waals surface area contributed by atoms with E-state index in [9.17, 15) is 0 Å². The van der Waals surface area contributed by atoms with Crippen LogP contribution in [0.2, 0.25) is 0 Å². The summed E-state index contributed by atoms with van der Waals surface area (Å²) in [6.07, 6.45) is 1.07. The fourth-order valence-electron chi connectivity index (χ4n) is 2.77. The van der Waals surface area contributed by atoms with Gasteiger partial charge in [0.2, 0.25) is 0 Å². The number of fused-ring (bicyclic) bond motifs is 1. The Bertz CT molecular complexity index is 535. The maximum Gasteiger partial charge on any atom is 0.0863 e. The van der Waals surface area contributed by atoms with Crippen molar-refractivity contribution in [1.82, 2.24) is 9.88 Å². The van der Waals surface area contributed by atoms with E-state index in [0.29, 0.717) is 12.1 Å². The molecule has 3 heteroatoms. The number of nitrogens with zero attached hydrogens (tertiary/aromatic N) is 1. The number of nitrogens with one attached hydrogen (secondary N) is 1. The van der Waals surface area contributed by atoms with Crippen molar-refractivity contribution in [1.29, 1.82) is 0 Å². The molecule has 2 aromatic rings. The Labute approximate surface area is 124 Å². The Hall–Kier alpha value is -0.800. The highest BCUT2D eigenvalue weighted by Crippen LogP contribution is 2.27. The number of hydrogen-bond donors (Lipinski definition) is 1. The smallest absolute Gasteiger partial charge is 0.0863 e. The predicted octanol–water partition coefficient (Wildman–Crippen LogP) is 4.59. The number of aromatic nitrogens is 1. The van der Waals surface area contributed by atoms with Crippen molar-refractivity contribution >= 4 is 26.8 Å². The zero-order chi connectivity index (χ0) is 14.0. The monoisotopic (exact) mass is 322 g/mol. The molecule has 0 aliphatic heterocycles. The second-order valence-electron chi connectivity index (χ2n) is 5.64. The van der Waals surface area contributed by atoms with E-state index in [-0.39, 0.29) is 0 Å². The lowest BCUT2D eigenvalue weighted by atomic mass is 10.1. The second-order valence-corrected chi connectivity index (χ2v) is 6.43. The van der Waals surface area contributed by atoms with Gasteiger partial charge in [0.25, 0.3) is 0 Å². The van der Waals surface area contributed by atoms with Gasteiger partial charge in [-0.1, -0.05) is 18.2 Å². The molecule has 0 aliphatic rings. The molecule has 0 spiro atoms. The van der Waals surface area contributed by atoms with E-state index in [1.165, 1.54) is 16.5 Å². The molecular formula is C16H23BrN2. The molecule has 0 aliphatic carbocycles. The summed E-state index contributed by atoms with van der Waals surface area (Å²) in [4.78, 5) is 5.94. The van der Waals surface area contributed by atoms with Crippen LogP contribution >= 0.6 is 15.9 Å². The van der Waals surface area contributed by atoms with Gasteiger partial charge in [-0.25, -0.2) is 0 Å². The molecule has 0 saturated carbocycles. The summed E-state index contributed by atoms with van der Waals surface area (Å²) in [7, 11) is 0. The van der Waals surface area contributed by atoms with Crippen molar-refractivity contribution < 1.29 is 0 Å². The molecule has 1 N–H and O–H groups in total. The molecule has 1 aromatic carbocycles. The Morgan fingerprint density at radius 3 is 2.37 bits per heavy atom. The molecule has 0 radical (unpaired) electrons. The molecule has 0 unspecified atom stereocenters. The molecule has 0 atom stereocenters. The van der Waals surface area contributed by atoms with Crippen LogP contribution in [0.1, 0.15) is 33.3 Å². The fraction of sp³-hybridized carbons (Fsp3) is 0.500. The van der Waals surface area contributed by atoms with Crippen LogP contribution in [0, 0.1) is 0 Å². The standard InChI is InChI=1S/C16H23BrN2/c1-11(2)19(12(3)4)10-9-14-13-7-5-6-8-15(13)18-16(14)17/h5-8,11-12,18H,9-10H2,1-4H3. The van der Waals surface area contributed by atoms with Gasteiger partial charge in [0, 0.05) is 29.5 Å². The molecule has 1 aromatic heterocycles. The van der Waals surface area contributed by atoms with Gasteiger partial charge in [-0.05, 0) is 61.7 Å². The molecule has 2 nitrogen and oxygen atoms in total. The lowest BCUT2D eigenvalue weighted by Gasteiger charge is -2.30. The highest BCUT2D eigenvalue weighted by atomic mass is 79.9. The van der Waals surface area contributed by atoms with Crippen molar-refractivity contribution in [2.45, 2.75) is 46.2 Å². The number of halogens is 1. The minimum Gasteiger partial charge on any atom is -0.349 e. The number of hydrogen-bond acceptors (Lipinski definition) is 1. The van der Waals surface area contributed by atoms with Crippen LogP contribution in [0.5, 0.6) is 0 Å². The third-order valence-electron chi connectivity index (χ3n) is 3.71. The van der Waals surface area contributed by atoms with E-state index < -0.39 is 0 Å². The SMILES string of the molecule is CC(C)N(CCc1c(Br)[nH]c2ccccc12)C(C)C. The number of H-pyrrole nitrogens is 1. The molecule has 0 amide bonds. The van der Waals surface area contributed by atoms with Crippen LogP contribution in [0.25, 0.3) is 10.9 Å². The first-order valence-corrected chi connectivity index (χ1v) is 7.80. The largest absolute Gasteiger partial charge is 0.349 e. The molecule has 0 bridgehead atoms. The fourth-order valence-corrected chi connectivity index (χ4v) is 3.39. The first-order chi connectivity index (χ1) is 9.00. The third-order valence-corrected chi connectivity index (χ3v) is 4.38. The molecule has 1 heterocycles. The molecule has 104 valence electrons. The summed E-state index contributed by atoms with van der Waals surface area (Å²) in [5.74, 6) is 0. The van der Waals surface area contributed by atoms with Gasteiger partial charge in [-0.15, -0.1) is 0 Å². The number of benzene rings is 1. The van der Waals surface area contributed by atoms with E-state index in [4.69, 9.17) is 0 Å². The minimum absolute atomic E-state index is 0.587. The van der Waals surface area contributed by atoms with E-state index in [0.717, 1.165) is 17.6 Å². The maximum atomic E-state index is 3.66. The van der Waals surface area contributed by atoms with Crippen LogP contribution in [0.15, 0.2) is 28.9 Å². The minimum atomic E-state index is 0.587. The highest BCUT2D eigenvalue weighted by Gasteiger charge is 2.15. The van der Waals surface area contributed by atoms with Gasteiger partial charge in [-0.3, -0.25) is 4.90 Å². The molecule has 0 fully saturated rings. The first-order valence-electron chi connectivity index (χ1n) is 7.01. The summed E-state index contributed by atoms with van der Waals surface area (Å²) >= 11 is 3.66. The van der Waals surface area contributed by atoms with Crippen molar-refractivity contribution in [3.8, 4) is 0 Å². The Morgan fingerprint density at radius 2 is 1.74 bits per heavy atom. The van der Waals surface area contributed by atoms with Crippen LogP contribution < -0.4 is 0 Å². The number of rotatable bonds is 5. The van der Waals surface area contributed by atoms with Gasteiger partial charge in [-0.2, -0.15) is 0 Å². The summed E-state index contributed by atoms with van der Waals surface area (Å²) in [6, 6.07) is 9.68.